The van der Waals surface area contributed by atoms with Gasteiger partial charge >= 0.3 is 0 Å². The molecular formula is C14H20BrN3O. The highest BCUT2D eigenvalue weighted by atomic mass is 79.9. The first-order valence-corrected chi connectivity index (χ1v) is 7.27. The van der Waals surface area contributed by atoms with Crippen molar-refractivity contribution < 1.29 is 4.79 Å². The molecule has 1 amide bonds. The van der Waals surface area contributed by atoms with Crippen LogP contribution in [-0.4, -0.2) is 55.0 Å². The van der Waals surface area contributed by atoms with E-state index in [0.29, 0.717) is 6.54 Å². The predicted octanol–water partition coefficient (Wildman–Crippen LogP) is 1.47. The SMILES string of the molecule is Cc1cc(Br)cc(C(=O)N2CCN(C)CC2CN)c1. The van der Waals surface area contributed by atoms with Crippen LogP contribution in [-0.2, 0) is 0 Å². The van der Waals surface area contributed by atoms with Gasteiger partial charge in [0.2, 0.25) is 0 Å². The van der Waals surface area contributed by atoms with Crippen molar-refractivity contribution >= 4 is 21.8 Å². The van der Waals surface area contributed by atoms with Gasteiger partial charge in [0, 0.05) is 36.2 Å². The number of likely N-dealkylation sites (N-methyl/N-ethyl adjacent to an activating group) is 1. The molecule has 1 atom stereocenters. The molecule has 0 saturated carbocycles. The lowest BCUT2D eigenvalue weighted by atomic mass is 10.1. The molecule has 0 bridgehead atoms. The Morgan fingerprint density at radius 1 is 1.42 bits per heavy atom. The Hall–Kier alpha value is -0.910. The van der Waals surface area contributed by atoms with Gasteiger partial charge in [-0.05, 0) is 37.7 Å². The number of amides is 1. The first-order chi connectivity index (χ1) is 9.01. The molecular weight excluding hydrogens is 306 g/mol. The van der Waals surface area contributed by atoms with Crippen molar-refractivity contribution in [1.82, 2.24) is 9.80 Å². The standard InChI is InChI=1S/C14H20BrN3O/c1-10-5-11(7-12(15)6-10)14(19)18-4-3-17(2)9-13(18)8-16/h5-7,13H,3-4,8-9,16H2,1-2H3. The van der Waals surface area contributed by atoms with Crippen LogP contribution in [0.1, 0.15) is 15.9 Å². The number of benzene rings is 1. The first kappa shape index (κ1) is 14.5. The van der Waals surface area contributed by atoms with Gasteiger partial charge in [-0.15, -0.1) is 0 Å². The van der Waals surface area contributed by atoms with Gasteiger partial charge in [-0.1, -0.05) is 15.9 Å². The van der Waals surface area contributed by atoms with Crippen LogP contribution in [0.25, 0.3) is 0 Å². The number of carbonyl (C=O) groups is 1. The lowest BCUT2D eigenvalue weighted by Crippen LogP contribution is -2.56. The summed E-state index contributed by atoms with van der Waals surface area (Å²) in [6.45, 7) is 4.97. The van der Waals surface area contributed by atoms with Crippen LogP contribution >= 0.6 is 15.9 Å². The Morgan fingerprint density at radius 2 is 2.16 bits per heavy atom. The molecule has 19 heavy (non-hydrogen) atoms. The largest absolute Gasteiger partial charge is 0.332 e. The minimum absolute atomic E-state index is 0.0768. The maximum Gasteiger partial charge on any atom is 0.254 e. The molecule has 104 valence electrons. The number of piperazine rings is 1. The molecule has 1 aliphatic heterocycles. The van der Waals surface area contributed by atoms with Gasteiger partial charge in [0.05, 0.1) is 6.04 Å². The second-order valence-corrected chi connectivity index (χ2v) is 6.08. The highest BCUT2D eigenvalue weighted by Gasteiger charge is 2.28. The molecule has 5 heteroatoms. The van der Waals surface area contributed by atoms with Crippen molar-refractivity contribution in [3.8, 4) is 0 Å². The highest BCUT2D eigenvalue weighted by molar-refractivity contribution is 9.10. The normalized spacial score (nSPS) is 20.6. The number of hydrogen-bond acceptors (Lipinski definition) is 3. The molecule has 0 aromatic heterocycles. The first-order valence-electron chi connectivity index (χ1n) is 6.48. The predicted molar refractivity (Wildman–Crippen MR) is 80.3 cm³/mol. The van der Waals surface area contributed by atoms with E-state index in [2.05, 4.69) is 27.9 Å². The van der Waals surface area contributed by atoms with Crippen LogP contribution < -0.4 is 5.73 Å². The molecule has 1 heterocycles. The average Bonchev–Trinajstić information content (AvgIpc) is 2.36. The number of halogens is 1. The van der Waals surface area contributed by atoms with Crippen molar-refractivity contribution in [2.45, 2.75) is 13.0 Å². The van der Waals surface area contributed by atoms with Crippen molar-refractivity contribution in [2.75, 3.05) is 33.2 Å². The molecule has 0 spiro atoms. The summed E-state index contributed by atoms with van der Waals surface area (Å²) < 4.78 is 0.939. The van der Waals surface area contributed by atoms with Gasteiger partial charge < -0.3 is 15.5 Å². The minimum Gasteiger partial charge on any atom is -0.332 e. The zero-order valence-corrected chi connectivity index (χ0v) is 13.0. The van der Waals surface area contributed by atoms with E-state index < -0.39 is 0 Å². The minimum atomic E-state index is 0.0768. The van der Waals surface area contributed by atoms with Crippen LogP contribution in [0.2, 0.25) is 0 Å². The molecule has 4 nitrogen and oxygen atoms in total. The molecule has 1 fully saturated rings. The van der Waals surface area contributed by atoms with Crippen LogP contribution in [0.5, 0.6) is 0 Å². The third-order valence-corrected chi connectivity index (χ3v) is 3.97. The number of nitrogens with two attached hydrogens (primary N) is 1. The lowest BCUT2D eigenvalue weighted by molar-refractivity contribution is 0.0516. The van der Waals surface area contributed by atoms with E-state index in [9.17, 15) is 4.79 Å². The average molecular weight is 326 g/mol. The van der Waals surface area contributed by atoms with E-state index in [0.717, 1.165) is 35.2 Å². The number of aryl methyl sites for hydroxylation is 1. The quantitative estimate of drug-likeness (QED) is 0.895. The van der Waals surface area contributed by atoms with Crippen LogP contribution in [0.15, 0.2) is 22.7 Å². The van der Waals surface area contributed by atoms with Crippen molar-refractivity contribution in [3.05, 3.63) is 33.8 Å². The van der Waals surface area contributed by atoms with E-state index >= 15 is 0 Å². The smallest absolute Gasteiger partial charge is 0.254 e. The Balaban J connectivity index is 2.22. The third-order valence-electron chi connectivity index (χ3n) is 3.51. The summed E-state index contributed by atoms with van der Waals surface area (Å²) >= 11 is 3.44. The zero-order valence-electron chi connectivity index (χ0n) is 11.4. The fourth-order valence-electron chi connectivity index (χ4n) is 2.51. The molecule has 2 N–H and O–H groups in total. The lowest BCUT2D eigenvalue weighted by Gasteiger charge is -2.39. The van der Waals surface area contributed by atoms with Gasteiger partial charge in [0.15, 0.2) is 0 Å². The second kappa shape index (κ2) is 6.03. The summed E-state index contributed by atoms with van der Waals surface area (Å²) in [5.74, 6) is 0.0768. The maximum atomic E-state index is 12.6. The summed E-state index contributed by atoms with van der Waals surface area (Å²) in [6, 6.07) is 5.91. The van der Waals surface area contributed by atoms with Crippen molar-refractivity contribution in [2.24, 2.45) is 5.73 Å². The molecule has 0 radical (unpaired) electrons. The zero-order chi connectivity index (χ0) is 14.0. The van der Waals surface area contributed by atoms with E-state index in [1.54, 1.807) is 0 Å². The number of rotatable bonds is 2. The Morgan fingerprint density at radius 3 is 2.79 bits per heavy atom. The molecule has 1 aromatic rings. The van der Waals surface area contributed by atoms with Crippen LogP contribution in [0.4, 0.5) is 0 Å². The van der Waals surface area contributed by atoms with Gasteiger partial charge in [-0.25, -0.2) is 0 Å². The number of nitrogens with zero attached hydrogens (tertiary/aromatic N) is 2. The summed E-state index contributed by atoms with van der Waals surface area (Å²) in [5, 5.41) is 0. The van der Waals surface area contributed by atoms with E-state index in [1.165, 1.54) is 0 Å². The van der Waals surface area contributed by atoms with Crippen LogP contribution in [0, 0.1) is 6.92 Å². The van der Waals surface area contributed by atoms with Gasteiger partial charge in [-0.2, -0.15) is 0 Å². The summed E-state index contributed by atoms with van der Waals surface area (Å²) in [7, 11) is 2.06. The molecule has 2 rings (SSSR count). The van der Waals surface area contributed by atoms with E-state index in [1.807, 2.05) is 30.0 Å². The fourth-order valence-corrected chi connectivity index (χ4v) is 3.11. The van der Waals surface area contributed by atoms with Gasteiger partial charge in [0.1, 0.15) is 0 Å². The molecule has 1 saturated heterocycles. The third kappa shape index (κ3) is 3.35. The van der Waals surface area contributed by atoms with Gasteiger partial charge in [-0.3, -0.25) is 4.79 Å². The Kier molecular flexibility index (Phi) is 4.60. The molecule has 1 unspecified atom stereocenters. The molecule has 1 aliphatic rings. The van der Waals surface area contributed by atoms with E-state index in [4.69, 9.17) is 5.73 Å². The fraction of sp³-hybridized carbons (Fsp3) is 0.500. The van der Waals surface area contributed by atoms with E-state index in [-0.39, 0.29) is 11.9 Å². The number of hydrogen-bond donors (Lipinski definition) is 1. The highest BCUT2D eigenvalue weighted by Crippen LogP contribution is 2.19. The molecule has 0 aliphatic carbocycles. The monoisotopic (exact) mass is 325 g/mol. The van der Waals surface area contributed by atoms with Crippen molar-refractivity contribution in [1.29, 1.82) is 0 Å². The maximum absolute atomic E-state index is 12.6. The Bertz CT molecular complexity index is 458. The van der Waals surface area contributed by atoms with Gasteiger partial charge in [0.25, 0.3) is 5.91 Å². The summed E-state index contributed by atoms with van der Waals surface area (Å²) in [4.78, 5) is 16.7. The van der Waals surface area contributed by atoms with Crippen LogP contribution in [0.3, 0.4) is 0 Å². The molecule has 1 aromatic carbocycles. The second-order valence-electron chi connectivity index (χ2n) is 5.17. The number of carbonyl (C=O) groups excluding carboxylic acids is 1. The topological polar surface area (TPSA) is 49.6 Å². The Labute approximate surface area is 122 Å². The summed E-state index contributed by atoms with van der Waals surface area (Å²) in [6.07, 6.45) is 0. The summed E-state index contributed by atoms with van der Waals surface area (Å²) in [5.41, 5.74) is 7.61. The van der Waals surface area contributed by atoms with Crippen molar-refractivity contribution in [3.63, 3.8) is 0 Å².